The lowest BCUT2D eigenvalue weighted by atomic mass is 10.0. The number of aromatic amines is 1. The fourth-order valence-corrected chi connectivity index (χ4v) is 4.22. The van der Waals surface area contributed by atoms with Gasteiger partial charge in [0.25, 0.3) is 11.6 Å². The van der Waals surface area contributed by atoms with Crippen molar-refractivity contribution in [2.75, 3.05) is 18.2 Å². The van der Waals surface area contributed by atoms with E-state index in [1.165, 1.54) is 37.4 Å². The van der Waals surface area contributed by atoms with Gasteiger partial charge in [-0.2, -0.15) is 0 Å². The normalized spacial score (nSPS) is 11.7. The van der Waals surface area contributed by atoms with Crippen LogP contribution in [0.25, 0.3) is 0 Å². The van der Waals surface area contributed by atoms with E-state index < -0.39 is 22.8 Å². The second kappa shape index (κ2) is 12.1. The molecule has 0 unspecified atom stereocenters. The van der Waals surface area contributed by atoms with Gasteiger partial charge in [-0.15, -0.1) is 5.10 Å². The molecule has 0 saturated carbocycles. The number of aromatic nitrogens is 3. The van der Waals surface area contributed by atoms with Crippen molar-refractivity contribution in [3.8, 4) is 5.75 Å². The number of nitro benzene ring substituents is 1. The summed E-state index contributed by atoms with van der Waals surface area (Å²) in [6.45, 7) is 3.80. The Bertz CT molecular complexity index is 1290. The number of nitrogens with zero attached hydrogens (tertiary/aromatic N) is 3. The molecule has 1 heterocycles. The number of nitro groups is 1. The first-order valence-corrected chi connectivity index (χ1v) is 12.3. The average Bonchev–Trinajstić information content (AvgIpc) is 3.29. The number of rotatable bonds is 10. The van der Waals surface area contributed by atoms with Crippen LogP contribution in [-0.2, 0) is 4.79 Å². The number of nitrogens with one attached hydrogen (secondary N) is 3. The van der Waals surface area contributed by atoms with E-state index in [-0.39, 0.29) is 38.8 Å². The predicted molar refractivity (Wildman–Crippen MR) is 137 cm³/mol. The minimum atomic E-state index is -0.607. The summed E-state index contributed by atoms with van der Waals surface area (Å²) in [5.74, 6) is -0.332. The number of anilines is 1. The zero-order valence-corrected chi connectivity index (χ0v) is 21.7. The van der Waals surface area contributed by atoms with Crippen molar-refractivity contribution in [3.05, 3.63) is 67.9 Å². The molecule has 2 amide bonds. The smallest absolute Gasteiger partial charge is 0.296 e. The second-order valence-electron chi connectivity index (χ2n) is 7.80. The summed E-state index contributed by atoms with van der Waals surface area (Å²) in [5.41, 5.74) is 0.0276. The van der Waals surface area contributed by atoms with Crippen LogP contribution in [0.5, 0.6) is 5.75 Å². The van der Waals surface area contributed by atoms with Gasteiger partial charge in [0.15, 0.2) is 0 Å². The molecule has 0 bridgehead atoms. The van der Waals surface area contributed by atoms with E-state index in [1.807, 2.05) is 13.8 Å². The highest BCUT2D eigenvalue weighted by Gasteiger charge is 2.24. The maximum absolute atomic E-state index is 12.8. The van der Waals surface area contributed by atoms with E-state index in [9.17, 15) is 19.7 Å². The van der Waals surface area contributed by atoms with Crippen LogP contribution < -0.4 is 15.4 Å². The number of amides is 2. The van der Waals surface area contributed by atoms with Crippen LogP contribution in [0.2, 0.25) is 10.0 Å². The Morgan fingerprint density at radius 2 is 1.97 bits per heavy atom. The fourth-order valence-electron chi connectivity index (χ4n) is 3.12. The van der Waals surface area contributed by atoms with E-state index in [1.54, 1.807) is 6.07 Å². The van der Waals surface area contributed by atoms with Gasteiger partial charge in [-0.25, -0.2) is 4.98 Å². The molecule has 0 aliphatic heterocycles. The summed E-state index contributed by atoms with van der Waals surface area (Å²) >= 11 is 13.1. The molecular formula is C22H22Cl2N6O5S. The molecule has 1 aromatic heterocycles. The average molecular weight is 553 g/mol. The molecule has 0 radical (unpaired) electrons. The number of methoxy groups -OCH3 is 1. The zero-order chi connectivity index (χ0) is 26.4. The molecule has 0 aliphatic rings. The molecule has 2 aromatic carbocycles. The van der Waals surface area contributed by atoms with E-state index in [0.29, 0.717) is 16.6 Å². The molecule has 190 valence electrons. The Hall–Kier alpha value is -3.35. The summed E-state index contributed by atoms with van der Waals surface area (Å²) in [4.78, 5) is 40.2. The molecule has 11 nitrogen and oxygen atoms in total. The third kappa shape index (κ3) is 6.86. The third-order valence-corrected chi connectivity index (χ3v) is 6.31. The number of carbonyl (C=O) groups excluding carboxylic acids is 2. The number of hydrogen-bond acceptors (Lipinski definition) is 8. The Balaban J connectivity index is 1.64. The largest absolute Gasteiger partial charge is 0.496 e. The molecule has 0 aliphatic carbocycles. The molecule has 0 fully saturated rings. The quantitative estimate of drug-likeness (QED) is 0.182. The number of hydrogen-bond donors (Lipinski definition) is 3. The lowest BCUT2D eigenvalue weighted by Gasteiger charge is -2.20. The number of halogens is 2. The number of carbonyl (C=O) groups is 2. The van der Waals surface area contributed by atoms with Crippen molar-refractivity contribution in [2.24, 2.45) is 5.92 Å². The fraction of sp³-hybridized carbons (Fsp3) is 0.273. The van der Waals surface area contributed by atoms with Crippen LogP contribution in [0.15, 0.2) is 41.6 Å². The number of ether oxygens (including phenoxy) is 1. The molecule has 14 heteroatoms. The van der Waals surface area contributed by atoms with Gasteiger partial charge in [-0.3, -0.25) is 24.8 Å². The maximum atomic E-state index is 12.8. The summed E-state index contributed by atoms with van der Waals surface area (Å²) < 4.78 is 4.99. The summed E-state index contributed by atoms with van der Waals surface area (Å²) in [7, 11) is 1.39. The van der Waals surface area contributed by atoms with Gasteiger partial charge in [0.1, 0.15) is 17.3 Å². The molecular weight excluding hydrogens is 531 g/mol. The third-order valence-electron chi connectivity index (χ3n) is 4.91. The summed E-state index contributed by atoms with van der Waals surface area (Å²) in [6.07, 6.45) is 0. The molecule has 3 rings (SSSR count). The minimum Gasteiger partial charge on any atom is -0.496 e. The van der Waals surface area contributed by atoms with Crippen molar-refractivity contribution in [2.45, 2.75) is 25.0 Å². The van der Waals surface area contributed by atoms with Crippen LogP contribution >= 0.6 is 35.0 Å². The number of H-pyrrole nitrogens is 1. The lowest BCUT2D eigenvalue weighted by Crippen LogP contribution is -2.32. The van der Waals surface area contributed by atoms with Gasteiger partial charge in [-0.1, -0.05) is 48.8 Å². The first-order chi connectivity index (χ1) is 17.1. The van der Waals surface area contributed by atoms with Crippen molar-refractivity contribution in [3.63, 3.8) is 0 Å². The van der Waals surface area contributed by atoms with Gasteiger partial charge in [-0.05, 0) is 36.2 Å². The lowest BCUT2D eigenvalue weighted by molar-refractivity contribution is -0.384. The highest BCUT2D eigenvalue weighted by Crippen LogP contribution is 2.29. The highest BCUT2D eigenvalue weighted by atomic mass is 35.5. The predicted octanol–water partition coefficient (Wildman–Crippen LogP) is 4.89. The van der Waals surface area contributed by atoms with E-state index >= 15 is 0 Å². The maximum Gasteiger partial charge on any atom is 0.296 e. The molecule has 0 saturated heterocycles. The van der Waals surface area contributed by atoms with Crippen LogP contribution in [0.3, 0.4) is 0 Å². The molecule has 36 heavy (non-hydrogen) atoms. The van der Waals surface area contributed by atoms with Crippen molar-refractivity contribution in [1.82, 2.24) is 20.5 Å². The molecule has 3 aromatic rings. The Kier molecular flexibility index (Phi) is 9.13. The monoisotopic (exact) mass is 552 g/mol. The van der Waals surface area contributed by atoms with Crippen LogP contribution in [-0.4, -0.2) is 44.8 Å². The summed E-state index contributed by atoms with van der Waals surface area (Å²) in [6, 6.07) is 8.20. The number of thioether (sulfide) groups is 1. The zero-order valence-electron chi connectivity index (χ0n) is 19.4. The Labute approximate surface area is 220 Å². The first kappa shape index (κ1) is 27.2. The second-order valence-corrected chi connectivity index (χ2v) is 9.59. The van der Waals surface area contributed by atoms with E-state index in [2.05, 4.69) is 25.8 Å². The van der Waals surface area contributed by atoms with Crippen molar-refractivity contribution < 1.29 is 19.2 Å². The standard InChI is InChI=1S/C22H22Cl2N6O5S/c1-11(2)19(26-21(32)14-6-4-12(23)8-15(14)24)20-27-22(29-28-20)36-10-18(31)25-16-7-5-13(35-3)9-17(16)30(33)34/h4-9,11,19H,10H2,1-3H3,(H,25,31)(H,26,32)(H,27,28,29)/t19-/m1/s1. The van der Waals surface area contributed by atoms with Crippen molar-refractivity contribution >= 4 is 58.2 Å². The van der Waals surface area contributed by atoms with Crippen LogP contribution in [0, 0.1) is 16.0 Å². The Morgan fingerprint density at radius 1 is 1.22 bits per heavy atom. The van der Waals surface area contributed by atoms with Crippen LogP contribution in [0.1, 0.15) is 36.1 Å². The van der Waals surface area contributed by atoms with Gasteiger partial charge < -0.3 is 15.4 Å². The van der Waals surface area contributed by atoms with Gasteiger partial charge >= 0.3 is 0 Å². The van der Waals surface area contributed by atoms with Gasteiger partial charge in [0, 0.05) is 5.02 Å². The highest BCUT2D eigenvalue weighted by molar-refractivity contribution is 7.99. The SMILES string of the molecule is COc1ccc(NC(=O)CSc2n[nH]c([C@H](NC(=O)c3ccc(Cl)cc3Cl)C(C)C)n2)c([N+](=O)[O-])c1. The van der Waals surface area contributed by atoms with E-state index in [4.69, 9.17) is 27.9 Å². The van der Waals surface area contributed by atoms with Crippen molar-refractivity contribution in [1.29, 1.82) is 0 Å². The molecule has 3 N–H and O–H groups in total. The van der Waals surface area contributed by atoms with E-state index in [0.717, 1.165) is 11.8 Å². The number of benzene rings is 2. The summed E-state index contributed by atoms with van der Waals surface area (Å²) in [5, 5.41) is 24.5. The topological polar surface area (TPSA) is 152 Å². The minimum absolute atomic E-state index is 0.0468. The molecule has 1 atom stereocenters. The van der Waals surface area contributed by atoms with Crippen LogP contribution in [0.4, 0.5) is 11.4 Å². The van der Waals surface area contributed by atoms with Gasteiger partial charge in [0.05, 0.1) is 40.5 Å². The molecule has 0 spiro atoms. The Morgan fingerprint density at radius 3 is 2.61 bits per heavy atom. The first-order valence-electron chi connectivity index (χ1n) is 10.5. The van der Waals surface area contributed by atoms with Gasteiger partial charge in [0.2, 0.25) is 11.1 Å².